The van der Waals surface area contributed by atoms with Gasteiger partial charge < -0.3 is 19.9 Å². The second-order valence-corrected chi connectivity index (χ2v) is 7.83. The molecule has 28 heavy (non-hydrogen) atoms. The summed E-state index contributed by atoms with van der Waals surface area (Å²) in [6.07, 6.45) is 0. The van der Waals surface area contributed by atoms with Gasteiger partial charge in [0.25, 0.3) is 5.91 Å². The summed E-state index contributed by atoms with van der Waals surface area (Å²) in [6.45, 7) is 9.92. The molecule has 3 N–H and O–H groups in total. The number of hydrogen-bond donors (Lipinski definition) is 3. The summed E-state index contributed by atoms with van der Waals surface area (Å²) in [7, 11) is 1.74. The van der Waals surface area contributed by atoms with E-state index < -0.39 is 0 Å². The van der Waals surface area contributed by atoms with Crippen LogP contribution in [-0.4, -0.2) is 45.2 Å². The van der Waals surface area contributed by atoms with Gasteiger partial charge in [0.05, 0.1) is 7.11 Å². The lowest BCUT2D eigenvalue weighted by Crippen LogP contribution is -3.29. The molecule has 0 unspecified atom stereocenters. The first kappa shape index (κ1) is 20.4. The molecule has 1 aliphatic rings. The van der Waals surface area contributed by atoms with Crippen LogP contribution in [0.15, 0.2) is 48.5 Å². The maximum Gasteiger partial charge on any atom is 0.278 e. The summed E-state index contributed by atoms with van der Waals surface area (Å²) in [5.74, 6) is 1.11. The van der Waals surface area contributed by atoms with Crippen LogP contribution in [-0.2, 0) is 17.9 Å². The first-order chi connectivity index (χ1) is 13.6. The van der Waals surface area contributed by atoms with E-state index >= 15 is 0 Å². The Balaban J connectivity index is 1.48. The van der Waals surface area contributed by atoms with Crippen molar-refractivity contribution in [1.29, 1.82) is 0 Å². The van der Waals surface area contributed by atoms with Crippen LogP contribution in [0.25, 0.3) is 0 Å². The molecule has 5 nitrogen and oxygen atoms in total. The number of quaternary nitrogens is 2. The van der Waals surface area contributed by atoms with E-state index in [-0.39, 0.29) is 11.9 Å². The predicted molar refractivity (Wildman–Crippen MR) is 111 cm³/mol. The highest BCUT2D eigenvalue weighted by Gasteiger charge is 2.31. The Morgan fingerprint density at radius 3 is 2.50 bits per heavy atom. The van der Waals surface area contributed by atoms with Gasteiger partial charge in [0.15, 0.2) is 6.04 Å². The summed E-state index contributed by atoms with van der Waals surface area (Å²) in [5.41, 5.74) is 3.68. The predicted octanol–water partition coefficient (Wildman–Crippen LogP) is -0.00808. The van der Waals surface area contributed by atoms with Gasteiger partial charge in [-0.2, -0.15) is 0 Å². The molecule has 0 spiro atoms. The van der Waals surface area contributed by atoms with Crippen LogP contribution in [0.5, 0.6) is 5.75 Å². The molecule has 1 saturated heterocycles. The smallest absolute Gasteiger partial charge is 0.278 e. The molecule has 1 aliphatic heterocycles. The number of carbonyl (C=O) groups excluding carboxylic acids is 1. The van der Waals surface area contributed by atoms with Crippen molar-refractivity contribution in [2.45, 2.75) is 33.0 Å². The van der Waals surface area contributed by atoms with Gasteiger partial charge in [0.2, 0.25) is 0 Å². The van der Waals surface area contributed by atoms with Gasteiger partial charge in [-0.15, -0.1) is 0 Å². The van der Waals surface area contributed by atoms with Crippen LogP contribution in [0.1, 0.15) is 23.6 Å². The Hall–Kier alpha value is -2.37. The molecule has 1 atom stereocenters. The lowest BCUT2D eigenvalue weighted by atomic mass is 10.1. The lowest BCUT2D eigenvalue weighted by molar-refractivity contribution is -1.02. The summed E-state index contributed by atoms with van der Waals surface area (Å²) >= 11 is 0. The molecule has 0 aromatic heterocycles. The molecule has 0 radical (unpaired) electrons. The van der Waals surface area contributed by atoms with Gasteiger partial charge in [0, 0.05) is 12.1 Å². The zero-order valence-electron chi connectivity index (χ0n) is 17.3. The van der Waals surface area contributed by atoms with Gasteiger partial charge in [-0.25, -0.2) is 0 Å². The molecule has 5 heteroatoms. The van der Waals surface area contributed by atoms with Crippen LogP contribution < -0.4 is 19.9 Å². The highest BCUT2D eigenvalue weighted by Crippen LogP contribution is 2.18. The van der Waals surface area contributed by atoms with Crippen molar-refractivity contribution in [2.24, 2.45) is 0 Å². The van der Waals surface area contributed by atoms with E-state index in [0.717, 1.165) is 44.0 Å². The highest BCUT2D eigenvalue weighted by atomic mass is 16.5. The number of benzene rings is 2. The maximum atomic E-state index is 12.6. The Kier molecular flexibility index (Phi) is 7.06. The minimum Gasteiger partial charge on any atom is -0.496 e. The van der Waals surface area contributed by atoms with Crippen molar-refractivity contribution in [3.8, 4) is 5.75 Å². The van der Waals surface area contributed by atoms with Crippen molar-refractivity contribution < 1.29 is 19.3 Å². The molecule has 1 fully saturated rings. The zero-order valence-corrected chi connectivity index (χ0v) is 17.3. The van der Waals surface area contributed by atoms with Gasteiger partial charge in [-0.05, 0) is 31.5 Å². The number of rotatable bonds is 7. The van der Waals surface area contributed by atoms with Crippen molar-refractivity contribution in [3.05, 3.63) is 65.2 Å². The van der Waals surface area contributed by atoms with Crippen molar-refractivity contribution >= 4 is 5.91 Å². The van der Waals surface area contributed by atoms with Crippen molar-refractivity contribution in [2.75, 3.05) is 33.3 Å². The SMILES string of the molecule is COc1ccc(C)cc1C[NH+]1CC[NH+]([C@@H](C)C(=O)NCc2ccccc2)CC1. The van der Waals surface area contributed by atoms with Crippen LogP contribution >= 0.6 is 0 Å². The van der Waals surface area contributed by atoms with Crippen LogP contribution in [0.2, 0.25) is 0 Å². The molecule has 150 valence electrons. The van der Waals surface area contributed by atoms with Gasteiger partial charge in [-0.1, -0.05) is 42.0 Å². The zero-order chi connectivity index (χ0) is 19.9. The number of piperazine rings is 1. The Morgan fingerprint density at radius 1 is 1.11 bits per heavy atom. The molecule has 2 aromatic rings. The summed E-state index contributed by atoms with van der Waals surface area (Å²) in [4.78, 5) is 15.5. The second-order valence-electron chi connectivity index (χ2n) is 7.83. The number of carbonyl (C=O) groups is 1. The Labute approximate surface area is 168 Å². The van der Waals surface area contributed by atoms with Crippen molar-refractivity contribution in [1.82, 2.24) is 5.32 Å². The van der Waals surface area contributed by atoms with Crippen LogP contribution in [0, 0.1) is 6.92 Å². The van der Waals surface area contributed by atoms with Crippen LogP contribution in [0.4, 0.5) is 0 Å². The van der Waals surface area contributed by atoms with E-state index in [2.05, 4.69) is 30.4 Å². The maximum absolute atomic E-state index is 12.6. The molecule has 1 amide bonds. The third kappa shape index (κ3) is 5.33. The molecule has 0 saturated carbocycles. The number of amides is 1. The van der Waals surface area contributed by atoms with Crippen molar-refractivity contribution in [3.63, 3.8) is 0 Å². The fraction of sp³-hybridized carbons (Fsp3) is 0.435. The molecular formula is C23H33N3O2+2. The number of methoxy groups -OCH3 is 1. The van der Waals surface area contributed by atoms with E-state index in [1.165, 1.54) is 16.0 Å². The molecule has 2 aromatic carbocycles. The monoisotopic (exact) mass is 383 g/mol. The summed E-state index contributed by atoms with van der Waals surface area (Å²) in [5, 5.41) is 3.09. The second kappa shape index (κ2) is 9.71. The number of hydrogen-bond acceptors (Lipinski definition) is 2. The fourth-order valence-corrected chi connectivity index (χ4v) is 3.97. The Bertz CT molecular complexity index is 771. The molecule has 0 aliphatic carbocycles. The molecule has 3 rings (SSSR count). The minimum absolute atomic E-state index is 0.0150. The summed E-state index contributed by atoms with van der Waals surface area (Å²) < 4.78 is 5.52. The molecule has 1 heterocycles. The van der Waals surface area contributed by atoms with Gasteiger partial charge in [-0.3, -0.25) is 4.79 Å². The first-order valence-electron chi connectivity index (χ1n) is 10.2. The summed E-state index contributed by atoms with van der Waals surface area (Å²) in [6, 6.07) is 16.4. The quantitative estimate of drug-likeness (QED) is 0.630. The fourth-order valence-electron chi connectivity index (χ4n) is 3.97. The van der Waals surface area contributed by atoms with E-state index in [1.54, 1.807) is 12.0 Å². The number of nitrogens with one attached hydrogen (secondary N) is 3. The third-order valence-electron chi connectivity index (χ3n) is 5.79. The van der Waals surface area contributed by atoms with Gasteiger partial charge >= 0.3 is 0 Å². The average Bonchev–Trinajstić information content (AvgIpc) is 2.73. The van der Waals surface area contributed by atoms with Crippen LogP contribution in [0.3, 0.4) is 0 Å². The normalized spacial score (nSPS) is 20.4. The standard InChI is InChI=1S/C23H31N3O2/c1-18-9-10-22(28-3)21(15-18)17-25-11-13-26(14-12-25)19(2)23(27)24-16-20-7-5-4-6-8-20/h4-10,15,19H,11-14,16-17H2,1-3H3,(H,24,27)/p+2/t19-/m0/s1. The largest absolute Gasteiger partial charge is 0.496 e. The van der Waals surface area contributed by atoms with E-state index in [0.29, 0.717) is 6.54 Å². The molecule has 0 bridgehead atoms. The van der Waals surface area contributed by atoms with Gasteiger partial charge in [0.1, 0.15) is 38.5 Å². The van der Waals surface area contributed by atoms with E-state index in [1.807, 2.05) is 37.3 Å². The average molecular weight is 384 g/mol. The van der Waals surface area contributed by atoms with E-state index in [4.69, 9.17) is 4.74 Å². The first-order valence-corrected chi connectivity index (χ1v) is 10.2. The molecular weight excluding hydrogens is 350 g/mol. The highest BCUT2D eigenvalue weighted by molar-refractivity contribution is 5.79. The number of aryl methyl sites for hydroxylation is 1. The minimum atomic E-state index is -0.0150. The number of ether oxygens (including phenoxy) is 1. The lowest BCUT2D eigenvalue weighted by Gasteiger charge is -2.32. The topological polar surface area (TPSA) is 47.2 Å². The van der Waals surface area contributed by atoms with E-state index in [9.17, 15) is 4.79 Å². The Morgan fingerprint density at radius 2 is 1.82 bits per heavy atom. The third-order valence-corrected chi connectivity index (χ3v) is 5.79.